The minimum atomic E-state index is -0.483. The van der Waals surface area contributed by atoms with Crippen LogP contribution in [0.2, 0.25) is 0 Å². The number of hydrogen-bond acceptors (Lipinski definition) is 8. The van der Waals surface area contributed by atoms with Gasteiger partial charge in [0.2, 0.25) is 5.82 Å². The molecule has 0 aliphatic heterocycles. The number of halogens is 2. The number of carbonyl (C=O) groups excluding carboxylic acids is 1. The highest BCUT2D eigenvalue weighted by molar-refractivity contribution is 9.10. The highest BCUT2D eigenvalue weighted by atomic mass is 79.9. The summed E-state index contributed by atoms with van der Waals surface area (Å²) in [6, 6.07) is 23.0. The number of carbonyl (C=O) groups is 1. The molecular weight excluding hydrogens is 647 g/mol. The van der Waals surface area contributed by atoms with Gasteiger partial charge in [0, 0.05) is 15.7 Å². The fourth-order valence-corrected chi connectivity index (χ4v) is 5.09. The Labute approximate surface area is 263 Å². The second-order valence-corrected chi connectivity index (χ2v) is 10.5. The second kappa shape index (κ2) is 12.6. The SMILES string of the molecule is COc1cc(C=Nn2c(-c3cc4c(OC)cccc4o3)nc3ccccc3c2=O)c(Br)cc1OCC(=O)Nc1cccc(F)c1. The van der Waals surface area contributed by atoms with E-state index in [2.05, 4.69) is 26.3 Å². The molecule has 0 radical (unpaired) electrons. The topological polar surface area (TPSA) is 117 Å². The average molecular weight is 671 g/mol. The summed E-state index contributed by atoms with van der Waals surface area (Å²) < 4.78 is 37.9. The number of benzene rings is 4. The number of anilines is 1. The number of amides is 1. The number of rotatable bonds is 9. The van der Waals surface area contributed by atoms with Crippen LogP contribution in [0.4, 0.5) is 10.1 Å². The predicted molar refractivity (Wildman–Crippen MR) is 172 cm³/mol. The van der Waals surface area contributed by atoms with E-state index < -0.39 is 17.3 Å². The molecule has 0 atom stereocenters. The maximum Gasteiger partial charge on any atom is 0.282 e. The fraction of sp³-hybridized carbons (Fsp3) is 0.0909. The van der Waals surface area contributed by atoms with Gasteiger partial charge in [0.1, 0.15) is 17.1 Å². The Balaban J connectivity index is 1.33. The van der Waals surface area contributed by atoms with E-state index in [0.717, 1.165) is 5.39 Å². The van der Waals surface area contributed by atoms with Gasteiger partial charge >= 0.3 is 0 Å². The molecule has 6 rings (SSSR count). The minimum absolute atomic E-state index is 0.195. The zero-order valence-corrected chi connectivity index (χ0v) is 25.5. The van der Waals surface area contributed by atoms with Crippen LogP contribution in [0.25, 0.3) is 33.5 Å². The van der Waals surface area contributed by atoms with E-state index in [4.69, 9.17) is 23.6 Å². The number of fused-ring (bicyclic) bond motifs is 2. The smallest absolute Gasteiger partial charge is 0.282 e. The third kappa shape index (κ3) is 6.13. The van der Waals surface area contributed by atoms with E-state index in [1.807, 2.05) is 12.1 Å². The van der Waals surface area contributed by atoms with Crippen LogP contribution < -0.4 is 25.1 Å². The lowest BCUT2D eigenvalue weighted by Gasteiger charge is -2.13. The fourth-order valence-electron chi connectivity index (χ4n) is 4.66. The van der Waals surface area contributed by atoms with Crippen LogP contribution in [0, 0.1) is 5.82 Å². The Bertz CT molecular complexity index is 2160. The second-order valence-electron chi connectivity index (χ2n) is 9.67. The van der Waals surface area contributed by atoms with Crippen molar-refractivity contribution in [3.8, 4) is 28.8 Å². The van der Waals surface area contributed by atoms with Crippen molar-refractivity contribution >= 4 is 55.6 Å². The van der Waals surface area contributed by atoms with Gasteiger partial charge in [-0.1, -0.05) is 24.3 Å². The van der Waals surface area contributed by atoms with Crippen molar-refractivity contribution in [2.24, 2.45) is 5.10 Å². The summed E-state index contributed by atoms with van der Waals surface area (Å²) >= 11 is 3.51. The molecule has 1 N–H and O–H groups in total. The average Bonchev–Trinajstić information content (AvgIpc) is 3.48. The van der Waals surface area contributed by atoms with Crippen LogP contribution in [0.5, 0.6) is 17.2 Å². The molecule has 4 aromatic carbocycles. The van der Waals surface area contributed by atoms with Crippen molar-refractivity contribution < 1.29 is 27.8 Å². The van der Waals surface area contributed by atoms with Gasteiger partial charge in [-0.05, 0) is 76.6 Å². The van der Waals surface area contributed by atoms with Crippen LogP contribution in [-0.4, -0.2) is 42.6 Å². The molecular formula is C33H24BrFN4O6. The Morgan fingerprint density at radius 1 is 0.978 bits per heavy atom. The number of methoxy groups -OCH3 is 2. The monoisotopic (exact) mass is 670 g/mol. The van der Waals surface area contributed by atoms with Gasteiger partial charge in [-0.15, -0.1) is 0 Å². The molecule has 0 saturated heterocycles. The van der Waals surface area contributed by atoms with Gasteiger partial charge in [0.15, 0.2) is 23.9 Å². The molecule has 0 spiro atoms. The zero-order valence-electron chi connectivity index (χ0n) is 23.9. The molecule has 6 aromatic rings. The van der Waals surface area contributed by atoms with Crippen LogP contribution >= 0.6 is 15.9 Å². The first kappa shape index (κ1) is 29.6. The van der Waals surface area contributed by atoms with Crippen LogP contribution in [-0.2, 0) is 4.79 Å². The summed E-state index contributed by atoms with van der Waals surface area (Å²) in [7, 11) is 3.02. The Morgan fingerprint density at radius 2 is 1.78 bits per heavy atom. The normalized spacial score (nSPS) is 11.3. The van der Waals surface area contributed by atoms with Gasteiger partial charge in [-0.25, -0.2) is 9.37 Å². The van der Waals surface area contributed by atoms with E-state index in [1.54, 1.807) is 61.7 Å². The molecule has 0 saturated carbocycles. The quantitative estimate of drug-likeness (QED) is 0.172. The van der Waals surface area contributed by atoms with Gasteiger partial charge < -0.3 is 23.9 Å². The summed E-state index contributed by atoms with van der Waals surface area (Å²) in [5.41, 5.74) is 1.51. The van der Waals surface area contributed by atoms with Crippen molar-refractivity contribution in [3.63, 3.8) is 0 Å². The molecule has 12 heteroatoms. The number of furan rings is 1. The summed E-state index contributed by atoms with van der Waals surface area (Å²) in [5.74, 6) is 0.771. The third-order valence-electron chi connectivity index (χ3n) is 6.78. The molecule has 1 amide bonds. The predicted octanol–water partition coefficient (Wildman–Crippen LogP) is 6.63. The van der Waals surface area contributed by atoms with Gasteiger partial charge in [-0.3, -0.25) is 9.59 Å². The molecule has 226 valence electrons. The highest BCUT2D eigenvalue weighted by Crippen LogP contribution is 2.34. The molecule has 0 fully saturated rings. The van der Waals surface area contributed by atoms with Crippen molar-refractivity contribution in [2.45, 2.75) is 0 Å². The Kier molecular flexibility index (Phi) is 8.30. The van der Waals surface area contributed by atoms with Crippen molar-refractivity contribution in [1.29, 1.82) is 0 Å². The van der Waals surface area contributed by atoms with E-state index in [0.29, 0.717) is 49.5 Å². The molecule has 0 unspecified atom stereocenters. The molecule has 0 aliphatic rings. The number of nitrogens with zero attached hydrogens (tertiary/aromatic N) is 3. The lowest BCUT2D eigenvalue weighted by Crippen LogP contribution is -2.20. The maximum absolute atomic E-state index is 13.7. The Hall–Kier alpha value is -5.49. The van der Waals surface area contributed by atoms with Gasteiger partial charge in [0.05, 0.1) is 36.7 Å². The first-order chi connectivity index (χ1) is 21.8. The molecule has 2 aromatic heterocycles. The van der Waals surface area contributed by atoms with Crippen molar-refractivity contribution in [1.82, 2.24) is 9.66 Å². The van der Waals surface area contributed by atoms with Crippen molar-refractivity contribution in [2.75, 3.05) is 26.1 Å². The summed E-state index contributed by atoms with van der Waals surface area (Å²) in [6.07, 6.45) is 1.47. The highest BCUT2D eigenvalue weighted by Gasteiger charge is 2.18. The largest absolute Gasteiger partial charge is 0.496 e. The first-order valence-electron chi connectivity index (χ1n) is 13.5. The molecule has 45 heavy (non-hydrogen) atoms. The lowest BCUT2D eigenvalue weighted by molar-refractivity contribution is -0.118. The lowest BCUT2D eigenvalue weighted by atomic mass is 10.2. The van der Waals surface area contributed by atoms with E-state index in [-0.39, 0.29) is 18.2 Å². The zero-order chi connectivity index (χ0) is 31.5. The number of aromatic nitrogens is 2. The van der Waals surface area contributed by atoms with E-state index >= 15 is 0 Å². The third-order valence-corrected chi connectivity index (χ3v) is 7.46. The standard InChI is InChI=1S/C33H24BrFN4O6/c1-42-26-11-6-12-27-23(26)15-30(45-27)32-38-25-10-4-3-9-22(25)33(41)39(32)36-17-19-13-28(43-2)29(16-24(19)34)44-18-31(40)37-21-8-5-7-20(35)14-21/h3-17H,18H2,1-2H3,(H,37,40). The first-order valence-corrected chi connectivity index (χ1v) is 14.3. The number of para-hydroxylation sites is 1. The summed E-state index contributed by atoms with van der Waals surface area (Å²) in [5, 5.41) is 8.19. The van der Waals surface area contributed by atoms with Crippen molar-refractivity contribution in [3.05, 3.63) is 111 Å². The van der Waals surface area contributed by atoms with Gasteiger partial charge in [0.25, 0.3) is 11.5 Å². The van der Waals surface area contributed by atoms with Crippen LogP contribution in [0.3, 0.4) is 0 Å². The summed E-state index contributed by atoms with van der Waals surface area (Å²) in [4.78, 5) is 30.8. The van der Waals surface area contributed by atoms with E-state index in [9.17, 15) is 14.0 Å². The minimum Gasteiger partial charge on any atom is -0.496 e. The van der Waals surface area contributed by atoms with E-state index in [1.165, 1.54) is 36.2 Å². The Morgan fingerprint density at radius 3 is 2.58 bits per heavy atom. The molecule has 0 aliphatic carbocycles. The van der Waals surface area contributed by atoms with Crippen LogP contribution in [0.15, 0.2) is 104 Å². The number of nitrogens with one attached hydrogen (secondary N) is 1. The number of hydrogen-bond donors (Lipinski definition) is 1. The molecule has 0 bridgehead atoms. The van der Waals surface area contributed by atoms with Gasteiger partial charge in [-0.2, -0.15) is 9.78 Å². The number of ether oxygens (including phenoxy) is 3. The maximum atomic E-state index is 13.7. The van der Waals surface area contributed by atoms with Crippen LogP contribution in [0.1, 0.15) is 5.56 Å². The molecule has 10 nitrogen and oxygen atoms in total. The summed E-state index contributed by atoms with van der Waals surface area (Å²) in [6.45, 7) is -0.351. The molecule has 2 heterocycles.